The molecule has 2 rings (SSSR count). The van der Waals surface area contributed by atoms with Crippen LogP contribution in [-0.4, -0.2) is 51.2 Å². The largest absolute Gasteiger partial charge is 0.496 e. The second kappa shape index (κ2) is 6.89. The van der Waals surface area contributed by atoms with Gasteiger partial charge in [-0.1, -0.05) is 11.8 Å². The van der Waals surface area contributed by atoms with Gasteiger partial charge >= 0.3 is 11.7 Å². The van der Waals surface area contributed by atoms with Crippen molar-refractivity contribution >= 4 is 23.4 Å². The molecule has 0 radical (unpaired) electrons. The lowest BCUT2D eigenvalue weighted by molar-refractivity contribution is -0.736. The average Bonchev–Trinajstić information content (AvgIpc) is 3.00. The smallest absolute Gasteiger partial charge is 0.317 e. The molecule has 2 N–H and O–H groups in total. The van der Waals surface area contributed by atoms with Crippen molar-refractivity contribution in [2.75, 3.05) is 20.0 Å². The van der Waals surface area contributed by atoms with E-state index in [-0.39, 0.29) is 16.6 Å². The molecule has 2 aromatic rings. The fraction of sp³-hybridized carbons (Fsp3) is 0.250. The van der Waals surface area contributed by atoms with Crippen molar-refractivity contribution in [1.82, 2.24) is 15.2 Å². The van der Waals surface area contributed by atoms with Crippen LogP contribution in [0, 0.1) is 4.91 Å². The number of carbonyl (C=O) groups is 1. The van der Waals surface area contributed by atoms with E-state index in [4.69, 9.17) is 9.84 Å². The average molecular weight is 325 g/mol. The summed E-state index contributed by atoms with van der Waals surface area (Å²) in [5, 5.41) is 15.5. The Bertz CT molecular complexity index is 703. The summed E-state index contributed by atoms with van der Waals surface area (Å²) in [7, 11) is 2.74. The second-order valence-electron chi connectivity index (χ2n) is 3.97. The number of H-pyrrole nitrogens is 1. The zero-order valence-corrected chi connectivity index (χ0v) is 12.6. The minimum Gasteiger partial charge on any atom is -0.496 e. The van der Waals surface area contributed by atoms with E-state index in [2.05, 4.69) is 20.0 Å². The molecule has 1 aromatic heterocycles. The molecular weight excluding hydrogens is 312 g/mol. The Morgan fingerprint density at radius 1 is 1.45 bits per heavy atom. The lowest BCUT2D eigenvalue weighted by atomic mass is 10.1. The van der Waals surface area contributed by atoms with Gasteiger partial charge in [0, 0.05) is 12.1 Å². The molecule has 0 amide bonds. The number of carboxylic acids is 1. The molecule has 0 unspecified atom stereocenters. The van der Waals surface area contributed by atoms with Gasteiger partial charge in [0.15, 0.2) is 12.9 Å². The Hall–Kier alpha value is -2.62. The lowest BCUT2D eigenvalue weighted by Gasteiger charge is -2.04. The number of aliphatic carboxylic acids is 1. The van der Waals surface area contributed by atoms with Crippen LogP contribution in [0.3, 0.4) is 0 Å². The quantitative estimate of drug-likeness (QED) is 0.582. The van der Waals surface area contributed by atoms with Crippen molar-refractivity contribution in [3.63, 3.8) is 0 Å². The Labute approximate surface area is 129 Å². The molecule has 0 fully saturated rings. The highest BCUT2D eigenvalue weighted by atomic mass is 32.2. The number of thioether (sulfide) groups is 1. The van der Waals surface area contributed by atoms with Crippen molar-refractivity contribution in [3.05, 3.63) is 23.1 Å². The van der Waals surface area contributed by atoms with Gasteiger partial charge in [-0.25, -0.2) is 9.82 Å². The van der Waals surface area contributed by atoms with Crippen molar-refractivity contribution in [1.29, 1.82) is 0 Å². The van der Waals surface area contributed by atoms with Crippen LogP contribution in [0.1, 0.15) is 0 Å². The number of nitrogens with zero attached hydrogens (tertiary/aromatic N) is 3. The summed E-state index contributed by atoms with van der Waals surface area (Å²) in [6, 6.07) is 4.66. The van der Waals surface area contributed by atoms with Crippen LogP contribution in [0.15, 0.2) is 23.4 Å². The Kier molecular flexibility index (Phi) is 4.94. The van der Waals surface area contributed by atoms with Gasteiger partial charge in [-0.2, -0.15) is 0 Å². The molecule has 0 aliphatic heterocycles. The zero-order valence-electron chi connectivity index (χ0n) is 11.8. The van der Waals surface area contributed by atoms with Gasteiger partial charge in [-0.15, -0.1) is 5.10 Å². The maximum atomic E-state index is 11.5. The maximum absolute atomic E-state index is 11.5. The Morgan fingerprint density at radius 3 is 2.86 bits per heavy atom. The summed E-state index contributed by atoms with van der Waals surface area (Å²) in [5.41, 5.74) is 0.766. The fourth-order valence-electron chi connectivity index (χ4n) is 1.66. The van der Waals surface area contributed by atoms with Crippen molar-refractivity contribution < 1.29 is 24.4 Å². The first kappa shape index (κ1) is 15.8. The number of nitrogens with one attached hydrogen (secondary N) is 1. The summed E-state index contributed by atoms with van der Waals surface area (Å²) in [6.45, 7) is 0. The Balaban J connectivity index is 2.33. The molecule has 1 heterocycles. The van der Waals surface area contributed by atoms with Gasteiger partial charge in [0.25, 0.3) is 4.92 Å². The van der Waals surface area contributed by atoms with Gasteiger partial charge in [-0.05, 0) is 6.07 Å². The van der Waals surface area contributed by atoms with Gasteiger partial charge in [0.1, 0.15) is 5.75 Å². The fourth-order valence-corrected chi connectivity index (χ4v) is 2.18. The summed E-state index contributed by atoms with van der Waals surface area (Å²) < 4.78 is 5.23. The molecule has 0 bridgehead atoms. The molecular formula is C12H13N4O5S+. The first-order valence-electron chi connectivity index (χ1n) is 6.02. The molecule has 0 aliphatic rings. The summed E-state index contributed by atoms with van der Waals surface area (Å²) >= 11 is 0.982. The highest BCUT2D eigenvalue weighted by molar-refractivity contribution is 7.99. The zero-order chi connectivity index (χ0) is 16.1. The molecule has 10 heteroatoms. The number of aromatic amines is 1. The van der Waals surface area contributed by atoms with Crippen LogP contribution in [0.25, 0.3) is 11.4 Å². The van der Waals surface area contributed by atoms with E-state index in [0.29, 0.717) is 22.1 Å². The number of hydrogen-bond acceptors (Lipinski definition) is 7. The predicted molar refractivity (Wildman–Crippen MR) is 77.0 cm³/mol. The number of benzene rings is 1. The van der Waals surface area contributed by atoms with Crippen LogP contribution in [-0.2, 0) is 9.63 Å². The molecule has 116 valence electrons. The third-order valence-electron chi connectivity index (χ3n) is 2.60. The van der Waals surface area contributed by atoms with Crippen LogP contribution >= 0.6 is 11.8 Å². The van der Waals surface area contributed by atoms with Crippen LogP contribution in [0.4, 0.5) is 5.69 Å². The number of rotatable bonds is 7. The van der Waals surface area contributed by atoms with E-state index in [9.17, 15) is 9.70 Å². The van der Waals surface area contributed by atoms with Gasteiger partial charge < -0.3 is 9.84 Å². The first-order chi connectivity index (χ1) is 10.5. The minimum atomic E-state index is -0.960. The third kappa shape index (κ3) is 3.52. The summed E-state index contributed by atoms with van der Waals surface area (Å²) in [6.07, 6.45) is 0. The summed E-state index contributed by atoms with van der Waals surface area (Å²) in [5.74, 6) is -0.264. The predicted octanol–water partition coefficient (Wildman–Crippen LogP) is 1.63. The van der Waals surface area contributed by atoms with Gasteiger partial charge in [0.05, 0.1) is 23.3 Å². The van der Waals surface area contributed by atoms with Gasteiger partial charge in [-0.3, -0.25) is 9.89 Å². The van der Waals surface area contributed by atoms with Crippen LogP contribution < -0.4 is 4.74 Å². The SMILES string of the molecule is COc1ccc([N+](=O)OC)cc1-c1nc(SCC(=O)O)n[nH]1. The number of methoxy groups -OCH3 is 1. The maximum Gasteiger partial charge on any atom is 0.317 e. The van der Waals surface area contributed by atoms with E-state index < -0.39 is 5.97 Å². The standard InChI is InChI=1S/C12H12N4O5S/c1-20-9-4-3-7(16(19)21-2)5-8(9)11-13-12(15-14-11)22-6-10(17)18/h3-5H,6H2,1-2H3,(H-,13,14,15,17,18)/p+1. The van der Waals surface area contributed by atoms with E-state index in [1.807, 2.05) is 0 Å². The van der Waals surface area contributed by atoms with E-state index >= 15 is 0 Å². The van der Waals surface area contributed by atoms with Gasteiger partial charge in [0.2, 0.25) is 5.16 Å². The number of hydrogen-bond donors (Lipinski definition) is 2. The molecule has 0 aliphatic carbocycles. The normalized spacial score (nSPS) is 10.3. The van der Waals surface area contributed by atoms with Crippen LogP contribution in [0.5, 0.6) is 5.75 Å². The first-order valence-corrected chi connectivity index (χ1v) is 7.00. The van der Waals surface area contributed by atoms with Crippen LogP contribution in [0.2, 0.25) is 0 Å². The van der Waals surface area contributed by atoms with E-state index in [1.54, 1.807) is 6.07 Å². The molecule has 0 atom stereocenters. The lowest BCUT2D eigenvalue weighted by Crippen LogP contribution is -1.99. The molecule has 22 heavy (non-hydrogen) atoms. The number of ether oxygens (including phenoxy) is 1. The third-order valence-corrected chi connectivity index (χ3v) is 3.44. The topological polar surface area (TPSA) is 117 Å². The summed E-state index contributed by atoms with van der Waals surface area (Å²) in [4.78, 5) is 31.2. The van der Waals surface area contributed by atoms with Crippen molar-refractivity contribution in [3.8, 4) is 17.1 Å². The number of carboxylic acid groups (broad SMARTS) is 1. The Morgan fingerprint density at radius 2 is 2.23 bits per heavy atom. The minimum absolute atomic E-state index is 0.146. The highest BCUT2D eigenvalue weighted by Gasteiger charge is 2.20. The molecule has 0 spiro atoms. The van der Waals surface area contributed by atoms with Crippen molar-refractivity contribution in [2.24, 2.45) is 0 Å². The molecule has 9 nitrogen and oxygen atoms in total. The molecule has 0 saturated carbocycles. The second-order valence-corrected chi connectivity index (χ2v) is 4.92. The van der Waals surface area contributed by atoms with E-state index in [0.717, 1.165) is 11.8 Å². The molecule has 1 aromatic carbocycles. The van der Waals surface area contributed by atoms with E-state index in [1.165, 1.54) is 26.4 Å². The monoisotopic (exact) mass is 325 g/mol. The molecule has 0 saturated heterocycles. The highest BCUT2D eigenvalue weighted by Crippen LogP contribution is 2.32. The van der Waals surface area contributed by atoms with Crippen molar-refractivity contribution in [2.45, 2.75) is 5.16 Å². The number of aromatic nitrogens is 3.